The molecule has 7 nitrogen and oxygen atoms in total. The van der Waals surface area contributed by atoms with Gasteiger partial charge in [-0.25, -0.2) is 0 Å². The number of benzene rings is 1. The molecule has 0 saturated carbocycles. The average molecular weight is 444 g/mol. The van der Waals surface area contributed by atoms with Gasteiger partial charge in [-0.1, -0.05) is 48.2 Å². The molecule has 1 aliphatic rings. The molecule has 158 valence electrons. The van der Waals surface area contributed by atoms with E-state index in [-0.39, 0.29) is 17.7 Å². The molecule has 4 rings (SSSR count). The number of ether oxygens (including phenoxy) is 1. The van der Waals surface area contributed by atoms with Gasteiger partial charge in [-0.15, -0.1) is 21.5 Å². The van der Waals surface area contributed by atoms with Crippen LogP contribution in [-0.4, -0.2) is 52.7 Å². The number of nitrogens with one attached hydrogen (secondary N) is 1. The van der Waals surface area contributed by atoms with Crippen LogP contribution in [0.5, 0.6) is 0 Å². The fourth-order valence-electron chi connectivity index (χ4n) is 3.41. The molecule has 1 amide bonds. The van der Waals surface area contributed by atoms with Gasteiger partial charge >= 0.3 is 0 Å². The fourth-order valence-corrected chi connectivity index (χ4v) is 5.03. The predicted molar refractivity (Wildman–Crippen MR) is 120 cm³/mol. The second kappa shape index (κ2) is 10.1. The molecular formula is C21H25N5O2S2. The van der Waals surface area contributed by atoms with Crippen molar-refractivity contribution in [1.82, 2.24) is 20.1 Å². The Balaban J connectivity index is 1.42. The van der Waals surface area contributed by atoms with Crippen molar-refractivity contribution in [1.29, 1.82) is 0 Å². The number of aromatic nitrogens is 3. The molecule has 0 aliphatic carbocycles. The highest BCUT2D eigenvalue weighted by molar-refractivity contribution is 7.99. The Labute approximate surface area is 184 Å². The molecule has 0 radical (unpaired) electrons. The second-order valence-electron chi connectivity index (χ2n) is 6.84. The van der Waals surface area contributed by atoms with E-state index in [2.05, 4.69) is 38.0 Å². The van der Waals surface area contributed by atoms with Crippen LogP contribution in [0.1, 0.15) is 23.4 Å². The topological polar surface area (TPSA) is 72.3 Å². The maximum Gasteiger partial charge on any atom is 0.231 e. The van der Waals surface area contributed by atoms with Gasteiger partial charge in [0.15, 0.2) is 5.16 Å². The summed E-state index contributed by atoms with van der Waals surface area (Å²) in [6.45, 7) is 5.84. The van der Waals surface area contributed by atoms with Crippen molar-refractivity contribution in [2.24, 2.45) is 0 Å². The van der Waals surface area contributed by atoms with E-state index >= 15 is 0 Å². The van der Waals surface area contributed by atoms with E-state index < -0.39 is 0 Å². The van der Waals surface area contributed by atoms with Crippen LogP contribution in [0, 0.1) is 0 Å². The van der Waals surface area contributed by atoms with E-state index in [0.717, 1.165) is 41.2 Å². The van der Waals surface area contributed by atoms with E-state index in [1.807, 2.05) is 41.8 Å². The third-order valence-corrected chi connectivity index (χ3v) is 6.81. The second-order valence-corrected chi connectivity index (χ2v) is 8.76. The van der Waals surface area contributed by atoms with Crippen LogP contribution in [0.4, 0.5) is 5.95 Å². The SMILES string of the molecule is CCn1c(SCC(=O)N[C@H](c2ccccc2)c2cccs2)nnc1N1CCOCC1. The standard InChI is InChI=1S/C21H25N5O2S2/c1-2-26-20(25-10-12-28-13-11-25)23-24-21(26)30-15-18(27)22-19(17-9-6-14-29-17)16-7-4-3-5-8-16/h3-9,14,19H,2,10-13,15H2,1H3,(H,22,27)/t19-/m1/s1. The number of anilines is 1. The minimum absolute atomic E-state index is 0.0270. The molecule has 0 unspecified atom stereocenters. The maximum absolute atomic E-state index is 12.8. The van der Waals surface area contributed by atoms with Crippen LogP contribution in [0.15, 0.2) is 53.0 Å². The molecule has 9 heteroatoms. The van der Waals surface area contributed by atoms with Gasteiger partial charge in [0.25, 0.3) is 0 Å². The van der Waals surface area contributed by atoms with Crippen LogP contribution >= 0.6 is 23.1 Å². The number of hydrogen-bond donors (Lipinski definition) is 1. The molecule has 1 atom stereocenters. The highest BCUT2D eigenvalue weighted by atomic mass is 32.2. The number of carbonyl (C=O) groups excluding carboxylic acids is 1. The quantitative estimate of drug-likeness (QED) is 0.539. The third kappa shape index (κ3) is 4.85. The minimum Gasteiger partial charge on any atom is -0.378 e. The van der Waals surface area contributed by atoms with Gasteiger partial charge in [-0.3, -0.25) is 9.36 Å². The first-order chi connectivity index (χ1) is 14.8. The fraction of sp³-hybridized carbons (Fsp3) is 0.381. The van der Waals surface area contributed by atoms with Gasteiger partial charge in [-0.2, -0.15) is 0 Å². The van der Waals surface area contributed by atoms with Crippen molar-refractivity contribution in [3.8, 4) is 0 Å². The Morgan fingerprint density at radius 3 is 2.70 bits per heavy atom. The molecule has 0 spiro atoms. The summed E-state index contributed by atoms with van der Waals surface area (Å²) in [5.74, 6) is 1.11. The number of thioether (sulfide) groups is 1. The number of thiophene rings is 1. The molecule has 30 heavy (non-hydrogen) atoms. The van der Waals surface area contributed by atoms with Crippen molar-refractivity contribution >= 4 is 35.0 Å². The highest BCUT2D eigenvalue weighted by Crippen LogP contribution is 2.27. The number of morpholine rings is 1. The highest BCUT2D eigenvalue weighted by Gasteiger charge is 2.22. The van der Waals surface area contributed by atoms with Crippen molar-refractivity contribution in [3.05, 3.63) is 58.3 Å². The molecule has 0 bridgehead atoms. The Morgan fingerprint density at radius 2 is 2.00 bits per heavy atom. The monoisotopic (exact) mass is 443 g/mol. The number of rotatable bonds is 8. The number of amides is 1. The van der Waals surface area contributed by atoms with Crippen LogP contribution < -0.4 is 10.2 Å². The van der Waals surface area contributed by atoms with Gasteiger partial charge < -0.3 is 15.0 Å². The Bertz CT molecular complexity index is 940. The average Bonchev–Trinajstić information content (AvgIpc) is 3.47. The van der Waals surface area contributed by atoms with Crippen molar-refractivity contribution in [2.45, 2.75) is 24.7 Å². The third-order valence-electron chi connectivity index (χ3n) is 4.91. The zero-order chi connectivity index (χ0) is 20.8. The minimum atomic E-state index is -0.146. The van der Waals surface area contributed by atoms with E-state index in [0.29, 0.717) is 13.2 Å². The van der Waals surface area contributed by atoms with Crippen LogP contribution in [0.3, 0.4) is 0 Å². The normalized spacial score (nSPS) is 15.2. The van der Waals surface area contributed by atoms with Crippen molar-refractivity contribution in [3.63, 3.8) is 0 Å². The van der Waals surface area contributed by atoms with Crippen molar-refractivity contribution < 1.29 is 9.53 Å². The van der Waals surface area contributed by atoms with E-state index in [1.54, 1.807) is 11.3 Å². The van der Waals surface area contributed by atoms with E-state index in [4.69, 9.17) is 4.74 Å². The summed E-state index contributed by atoms with van der Waals surface area (Å²) < 4.78 is 7.49. The van der Waals surface area contributed by atoms with Crippen LogP contribution in [0.25, 0.3) is 0 Å². The number of nitrogens with zero attached hydrogens (tertiary/aromatic N) is 4. The van der Waals surface area contributed by atoms with Crippen LogP contribution in [0.2, 0.25) is 0 Å². The van der Waals surface area contributed by atoms with Crippen molar-refractivity contribution in [2.75, 3.05) is 37.0 Å². The summed E-state index contributed by atoms with van der Waals surface area (Å²) in [5.41, 5.74) is 1.07. The first kappa shape index (κ1) is 20.9. The Kier molecular flexibility index (Phi) is 7.03. The summed E-state index contributed by atoms with van der Waals surface area (Å²) in [7, 11) is 0. The Hall–Kier alpha value is -2.36. The molecule has 1 aliphatic heterocycles. The molecular weight excluding hydrogens is 418 g/mol. The lowest BCUT2D eigenvalue weighted by Gasteiger charge is -2.27. The molecule has 2 aromatic heterocycles. The number of carbonyl (C=O) groups is 1. The lowest BCUT2D eigenvalue weighted by atomic mass is 10.1. The lowest BCUT2D eigenvalue weighted by molar-refractivity contribution is -0.119. The summed E-state index contributed by atoms with van der Waals surface area (Å²) in [6.07, 6.45) is 0. The maximum atomic E-state index is 12.8. The zero-order valence-electron chi connectivity index (χ0n) is 16.9. The van der Waals surface area contributed by atoms with Gasteiger partial charge in [0.1, 0.15) is 0 Å². The van der Waals surface area contributed by atoms with Gasteiger partial charge in [0.05, 0.1) is 25.0 Å². The molecule has 1 saturated heterocycles. The zero-order valence-corrected chi connectivity index (χ0v) is 18.5. The van der Waals surface area contributed by atoms with E-state index in [9.17, 15) is 4.79 Å². The molecule has 3 aromatic rings. The number of hydrogen-bond acceptors (Lipinski definition) is 7. The first-order valence-electron chi connectivity index (χ1n) is 10.0. The molecule has 3 heterocycles. The molecule has 1 fully saturated rings. The van der Waals surface area contributed by atoms with Gasteiger partial charge in [0, 0.05) is 24.5 Å². The summed E-state index contributed by atoms with van der Waals surface area (Å²) >= 11 is 3.07. The summed E-state index contributed by atoms with van der Waals surface area (Å²) in [6, 6.07) is 14.0. The molecule has 1 N–H and O–H groups in total. The Morgan fingerprint density at radius 1 is 1.20 bits per heavy atom. The lowest BCUT2D eigenvalue weighted by Crippen LogP contribution is -2.38. The molecule has 1 aromatic carbocycles. The van der Waals surface area contributed by atoms with Crippen LogP contribution in [-0.2, 0) is 16.1 Å². The first-order valence-corrected chi connectivity index (χ1v) is 11.9. The largest absolute Gasteiger partial charge is 0.378 e. The van der Waals surface area contributed by atoms with Gasteiger partial charge in [0.2, 0.25) is 11.9 Å². The predicted octanol–water partition coefficient (Wildman–Crippen LogP) is 3.19. The smallest absolute Gasteiger partial charge is 0.231 e. The van der Waals surface area contributed by atoms with E-state index in [1.165, 1.54) is 11.8 Å². The summed E-state index contributed by atoms with van der Waals surface area (Å²) in [4.78, 5) is 16.1. The van der Waals surface area contributed by atoms with Gasteiger partial charge in [-0.05, 0) is 23.9 Å². The summed E-state index contributed by atoms with van der Waals surface area (Å²) in [5, 5.41) is 14.7.